The summed E-state index contributed by atoms with van der Waals surface area (Å²) in [7, 11) is 0. The van der Waals surface area contributed by atoms with Crippen LogP contribution in [0, 0.1) is 5.41 Å². The van der Waals surface area contributed by atoms with E-state index in [0.717, 1.165) is 0 Å². The average molecular weight is 231 g/mol. The Balaban J connectivity index is 2.99. The highest BCUT2D eigenvalue weighted by molar-refractivity contribution is 6.25. The molecule has 1 fully saturated rings. The van der Waals surface area contributed by atoms with Gasteiger partial charge in [-0.1, -0.05) is 24.6 Å². The summed E-state index contributed by atoms with van der Waals surface area (Å²) in [6.45, 7) is 1.71. The predicted octanol–water partition coefficient (Wildman–Crippen LogP) is 0.891. The van der Waals surface area contributed by atoms with Gasteiger partial charge in [0, 0.05) is 5.54 Å². The highest BCUT2D eigenvalue weighted by Gasteiger charge is 2.47. The van der Waals surface area contributed by atoms with E-state index in [1.807, 2.05) is 0 Å². The van der Waals surface area contributed by atoms with E-state index in [2.05, 4.69) is 10.6 Å². The van der Waals surface area contributed by atoms with Crippen LogP contribution in [0.15, 0.2) is 11.6 Å². The number of rotatable bonds is 3. The third kappa shape index (κ3) is 2.02. The lowest BCUT2D eigenvalue weighted by molar-refractivity contribution is -0.144. The van der Waals surface area contributed by atoms with Crippen LogP contribution in [0.25, 0.3) is 0 Å². The van der Waals surface area contributed by atoms with Gasteiger partial charge < -0.3 is 0 Å². The quantitative estimate of drug-likeness (QED) is 0.707. The fourth-order valence-electron chi connectivity index (χ4n) is 1.48. The summed E-state index contributed by atoms with van der Waals surface area (Å²) in [5.74, 6) is -1.15. The maximum absolute atomic E-state index is 11.6. The summed E-state index contributed by atoms with van der Waals surface area (Å²) in [6.07, 6.45) is 2.00. The van der Waals surface area contributed by atoms with Crippen LogP contribution in [0.2, 0.25) is 0 Å². The number of allylic oxidation sites excluding steroid dienone is 1. The molecule has 0 aliphatic carbocycles. The molecule has 2 N–H and O–H groups in total. The van der Waals surface area contributed by atoms with Crippen LogP contribution in [-0.4, -0.2) is 17.8 Å². The van der Waals surface area contributed by atoms with Crippen LogP contribution in [0.4, 0.5) is 4.79 Å². The Hall–Kier alpha value is -1.36. The van der Waals surface area contributed by atoms with Gasteiger partial charge in [-0.25, -0.2) is 4.79 Å². The van der Waals surface area contributed by atoms with E-state index in [0.29, 0.717) is 6.42 Å². The van der Waals surface area contributed by atoms with Crippen molar-refractivity contribution in [2.75, 3.05) is 0 Å². The minimum Gasteiger partial charge on any atom is -0.277 e. The molecular weight excluding hydrogens is 220 g/mol. The minimum atomic E-state index is -1.22. The summed E-state index contributed by atoms with van der Waals surface area (Å²) in [5.41, 5.74) is 0.0215. The maximum Gasteiger partial charge on any atom is 0.328 e. The predicted molar refractivity (Wildman–Crippen MR) is 54.0 cm³/mol. The summed E-state index contributed by atoms with van der Waals surface area (Å²) in [6, 6.07) is -0.774. The van der Waals surface area contributed by atoms with E-state index < -0.39 is 23.3 Å². The van der Waals surface area contributed by atoms with Crippen molar-refractivity contribution in [3.05, 3.63) is 11.6 Å². The Morgan fingerprint density at radius 2 is 1.80 bits per heavy atom. The van der Waals surface area contributed by atoms with Crippen LogP contribution in [-0.2, 0) is 9.59 Å². The minimum absolute atomic E-state index is 0.179. The molecule has 6 heteroatoms. The van der Waals surface area contributed by atoms with E-state index in [4.69, 9.17) is 11.6 Å². The van der Waals surface area contributed by atoms with E-state index in [-0.39, 0.29) is 6.42 Å². The highest BCUT2D eigenvalue weighted by atomic mass is 35.5. The van der Waals surface area contributed by atoms with Gasteiger partial charge in [0.2, 0.25) is 11.8 Å². The first-order valence-electron chi connectivity index (χ1n) is 4.49. The van der Waals surface area contributed by atoms with Gasteiger partial charge >= 0.3 is 6.03 Å². The summed E-state index contributed by atoms with van der Waals surface area (Å²) < 4.78 is 0. The molecule has 1 aliphatic rings. The van der Waals surface area contributed by atoms with Gasteiger partial charge in [-0.05, 0) is 12.8 Å². The van der Waals surface area contributed by atoms with Crippen LogP contribution in [0.5, 0.6) is 0 Å². The molecule has 0 radical (unpaired) electrons. The van der Waals surface area contributed by atoms with Gasteiger partial charge in [0.25, 0.3) is 0 Å². The maximum atomic E-state index is 11.6. The van der Waals surface area contributed by atoms with Crippen molar-refractivity contribution in [3.8, 4) is 0 Å². The number of hydrogen-bond acceptors (Lipinski definition) is 3. The molecule has 5 nitrogen and oxygen atoms in total. The van der Waals surface area contributed by atoms with Crippen molar-refractivity contribution in [2.24, 2.45) is 5.41 Å². The molecule has 0 aromatic rings. The van der Waals surface area contributed by atoms with Gasteiger partial charge in [0.1, 0.15) is 5.41 Å². The van der Waals surface area contributed by atoms with Gasteiger partial charge in [-0.3, -0.25) is 20.2 Å². The van der Waals surface area contributed by atoms with E-state index >= 15 is 0 Å². The molecule has 4 amide bonds. The molecule has 15 heavy (non-hydrogen) atoms. The number of amides is 4. The topological polar surface area (TPSA) is 75.3 Å². The first-order valence-corrected chi connectivity index (χ1v) is 4.92. The smallest absolute Gasteiger partial charge is 0.277 e. The van der Waals surface area contributed by atoms with Crippen LogP contribution >= 0.6 is 11.6 Å². The van der Waals surface area contributed by atoms with Crippen molar-refractivity contribution in [1.29, 1.82) is 0 Å². The average Bonchev–Trinajstić information content (AvgIpc) is 2.17. The van der Waals surface area contributed by atoms with Gasteiger partial charge in [0.05, 0.1) is 0 Å². The Morgan fingerprint density at radius 1 is 1.27 bits per heavy atom. The molecule has 1 heterocycles. The summed E-state index contributed by atoms with van der Waals surface area (Å²) in [4.78, 5) is 34.1. The third-order valence-corrected chi connectivity index (χ3v) is 2.66. The Bertz CT molecular complexity index is 318. The lowest BCUT2D eigenvalue weighted by Gasteiger charge is -2.31. The zero-order chi connectivity index (χ0) is 11.5. The summed E-state index contributed by atoms with van der Waals surface area (Å²) >= 11 is 5.35. The first kappa shape index (κ1) is 11.7. The molecular formula is C9H11ClN2O3. The van der Waals surface area contributed by atoms with Gasteiger partial charge in [-0.15, -0.1) is 0 Å². The zero-order valence-electron chi connectivity index (χ0n) is 8.17. The van der Waals surface area contributed by atoms with Crippen molar-refractivity contribution in [1.82, 2.24) is 10.6 Å². The second-order valence-electron chi connectivity index (χ2n) is 3.24. The van der Waals surface area contributed by atoms with Crippen LogP contribution < -0.4 is 10.6 Å². The SMILES string of the molecule is CCC1(CC=CCl)C(=O)NC(=O)NC1=O. The Kier molecular flexibility index (Phi) is 3.47. The monoisotopic (exact) mass is 230 g/mol. The largest absolute Gasteiger partial charge is 0.328 e. The molecule has 0 aromatic carbocycles. The zero-order valence-corrected chi connectivity index (χ0v) is 8.93. The van der Waals surface area contributed by atoms with E-state index in [1.165, 1.54) is 11.6 Å². The van der Waals surface area contributed by atoms with E-state index in [1.54, 1.807) is 6.92 Å². The fourth-order valence-corrected chi connectivity index (χ4v) is 1.57. The molecule has 0 aromatic heterocycles. The normalized spacial score (nSPS) is 20.3. The molecule has 0 saturated carbocycles. The molecule has 82 valence electrons. The fraction of sp³-hybridized carbons (Fsp3) is 0.444. The molecule has 1 saturated heterocycles. The number of urea groups is 1. The number of imide groups is 2. The Labute approximate surface area is 91.9 Å². The molecule has 0 bridgehead atoms. The number of carbonyl (C=O) groups excluding carboxylic acids is 3. The second-order valence-corrected chi connectivity index (χ2v) is 3.49. The van der Waals surface area contributed by atoms with Crippen LogP contribution in [0.1, 0.15) is 19.8 Å². The van der Waals surface area contributed by atoms with Crippen molar-refractivity contribution >= 4 is 29.4 Å². The second kappa shape index (κ2) is 4.44. The van der Waals surface area contributed by atoms with Crippen molar-refractivity contribution < 1.29 is 14.4 Å². The third-order valence-electron chi connectivity index (χ3n) is 2.48. The number of halogens is 1. The summed E-state index contributed by atoms with van der Waals surface area (Å²) in [5, 5.41) is 4.15. The molecule has 0 atom stereocenters. The molecule has 1 aliphatic heterocycles. The molecule has 0 spiro atoms. The Morgan fingerprint density at radius 3 is 2.20 bits per heavy atom. The van der Waals surface area contributed by atoms with Crippen molar-refractivity contribution in [2.45, 2.75) is 19.8 Å². The standard InChI is InChI=1S/C9H11ClN2O3/c1-2-9(4-3-5-10)6(13)11-8(15)12-7(9)14/h3,5H,2,4H2,1H3,(H2,11,12,13,14,15). The lowest BCUT2D eigenvalue weighted by atomic mass is 9.79. The molecule has 0 unspecified atom stereocenters. The number of barbiturate groups is 1. The highest BCUT2D eigenvalue weighted by Crippen LogP contribution is 2.29. The van der Waals surface area contributed by atoms with Crippen molar-refractivity contribution in [3.63, 3.8) is 0 Å². The van der Waals surface area contributed by atoms with E-state index in [9.17, 15) is 14.4 Å². The first-order chi connectivity index (χ1) is 7.06. The van der Waals surface area contributed by atoms with Crippen LogP contribution in [0.3, 0.4) is 0 Å². The van der Waals surface area contributed by atoms with Gasteiger partial charge in [-0.2, -0.15) is 0 Å². The lowest BCUT2D eigenvalue weighted by Crippen LogP contribution is -2.62. The number of hydrogen-bond donors (Lipinski definition) is 2. The molecule has 1 rings (SSSR count). The van der Waals surface area contributed by atoms with Gasteiger partial charge in [0.15, 0.2) is 0 Å². The number of carbonyl (C=O) groups is 3. The number of nitrogens with one attached hydrogen (secondary N) is 2.